The van der Waals surface area contributed by atoms with Crippen LogP contribution >= 0.6 is 0 Å². The Hall–Kier alpha value is -1.78. The van der Waals surface area contributed by atoms with Crippen molar-refractivity contribution < 1.29 is 14.0 Å². The molecule has 86 valence electrons. The molecule has 2 amide bonds. The number of hydrogen-bond acceptors (Lipinski definition) is 3. The van der Waals surface area contributed by atoms with Gasteiger partial charge in [0.1, 0.15) is 5.76 Å². The molecule has 1 aliphatic rings. The van der Waals surface area contributed by atoms with Crippen LogP contribution in [0.15, 0.2) is 16.7 Å². The lowest BCUT2D eigenvalue weighted by molar-refractivity contribution is -0.122. The first-order chi connectivity index (χ1) is 7.66. The molecule has 1 atom stereocenters. The lowest BCUT2D eigenvalue weighted by atomic mass is 10.1. The molecule has 0 aliphatic carbocycles. The van der Waals surface area contributed by atoms with Crippen molar-refractivity contribution in [2.45, 2.75) is 25.8 Å². The molecule has 1 aromatic heterocycles. The van der Waals surface area contributed by atoms with Crippen molar-refractivity contribution in [3.8, 4) is 0 Å². The van der Waals surface area contributed by atoms with Crippen LogP contribution in [-0.2, 0) is 4.79 Å². The summed E-state index contributed by atoms with van der Waals surface area (Å²) < 4.78 is 5.06. The second-order valence-electron chi connectivity index (χ2n) is 3.90. The Bertz CT molecular complexity index is 401. The molecule has 0 saturated carbocycles. The van der Waals surface area contributed by atoms with Gasteiger partial charge in [0.2, 0.25) is 5.91 Å². The average molecular weight is 222 g/mol. The fourth-order valence-corrected chi connectivity index (χ4v) is 1.74. The van der Waals surface area contributed by atoms with Crippen LogP contribution in [0.25, 0.3) is 0 Å². The van der Waals surface area contributed by atoms with Crippen molar-refractivity contribution >= 4 is 11.8 Å². The zero-order valence-corrected chi connectivity index (χ0v) is 9.08. The number of piperidine rings is 1. The van der Waals surface area contributed by atoms with Crippen LogP contribution in [0.5, 0.6) is 0 Å². The van der Waals surface area contributed by atoms with E-state index in [-0.39, 0.29) is 17.9 Å². The molecule has 1 aliphatic heterocycles. The van der Waals surface area contributed by atoms with E-state index in [9.17, 15) is 9.59 Å². The van der Waals surface area contributed by atoms with Crippen LogP contribution in [0.1, 0.15) is 29.0 Å². The van der Waals surface area contributed by atoms with Crippen LogP contribution in [0.4, 0.5) is 0 Å². The van der Waals surface area contributed by atoms with Gasteiger partial charge in [-0.05, 0) is 19.4 Å². The minimum Gasteiger partial charge on any atom is -0.469 e. The molecule has 1 saturated heterocycles. The quantitative estimate of drug-likeness (QED) is 0.769. The third-order valence-electron chi connectivity index (χ3n) is 2.70. The lowest BCUT2D eigenvalue weighted by Crippen LogP contribution is -2.47. The molecule has 1 unspecified atom stereocenters. The van der Waals surface area contributed by atoms with E-state index in [1.165, 1.54) is 6.26 Å². The number of hydrogen-bond donors (Lipinski definition) is 2. The Morgan fingerprint density at radius 2 is 2.44 bits per heavy atom. The van der Waals surface area contributed by atoms with Crippen LogP contribution in [0, 0.1) is 6.92 Å². The summed E-state index contributed by atoms with van der Waals surface area (Å²) in [5.41, 5.74) is 0.553. The molecular formula is C11H14N2O3. The van der Waals surface area contributed by atoms with E-state index in [4.69, 9.17) is 4.42 Å². The Morgan fingerprint density at radius 1 is 1.62 bits per heavy atom. The van der Waals surface area contributed by atoms with Gasteiger partial charge in [-0.15, -0.1) is 0 Å². The summed E-state index contributed by atoms with van der Waals surface area (Å²) >= 11 is 0. The van der Waals surface area contributed by atoms with Gasteiger partial charge in [-0.2, -0.15) is 0 Å². The number of furan rings is 1. The van der Waals surface area contributed by atoms with E-state index in [1.54, 1.807) is 13.0 Å². The maximum absolute atomic E-state index is 11.8. The molecule has 2 N–H and O–H groups in total. The predicted octanol–water partition coefficient (Wildman–Crippen LogP) is 0.596. The van der Waals surface area contributed by atoms with Gasteiger partial charge in [-0.3, -0.25) is 9.59 Å². The summed E-state index contributed by atoms with van der Waals surface area (Å²) in [5.74, 6) is 0.509. The fraction of sp³-hybridized carbons (Fsp3) is 0.455. The van der Waals surface area contributed by atoms with Gasteiger partial charge in [-0.25, -0.2) is 0 Å². The van der Waals surface area contributed by atoms with Crippen LogP contribution in [0.2, 0.25) is 0 Å². The van der Waals surface area contributed by atoms with Crippen molar-refractivity contribution in [1.29, 1.82) is 0 Å². The van der Waals surface area contributed by atoms with Gasteiger partial charge < -0.3 is 15.1 Å². The molecular weight excluding hydrogens is 208 g/mol. The van der Waals surface area contributed by atoms with Gasteiger partial charge in [0, 0.05) is 19.0 Å². The number of nitrogens with one attached hydrogen (secondary N) is 2. The summed E-state index contributed by atoms with van der Waals surface area (Å²) in [6.45, 7) is 2.25. The molecule has 5 heteroatoms. The summed E-state index contributed by atoms with van der Waals surface area (Å²) in [6.07, 6.45) is 2.65. The van der Waals surface area contributed by atoms with Crippen molar-refractivity contribution in [2.75, 3.05) is 6.54 Å². The number of carbonyl (C=O) groups is 2. The number of rotatable bonds is 2. The minimum atomic E-state index is -0.146. The highest BCUT2D eigenvalue weighted by molar-refractivity contribution is 5.95. The van der Waals surface area contributed by atoms with Crippen molar-refractivity contribution in [2.24, 2.45) is 0 Å². The SMILES string of the molecule is Cc1occc1C(=O)NC1CCC(=O)NC1. The van der Waals surface area contributed by atoms with E-state index in [0.29, 0.717) is 30.7 Å². The minimum absolute atomic E-state index is 0.0134. The Labute approximate surface area is 93.2 Å². The summed E-state index contributed by atoms with van der Waals surface area (Å²) in [4.78, 5) is 22.7. The van der Waals surface area contributed by atoms with Crippen LogP contribution in [-0.4, -0.2) is 24.4 Å². The highest BCUT2D eigenvalue weighted by Gasteiger charge is 2.21. The molecule has 1 fully saturated rings. The third-order valence-corrected chi connectivity index (χ3v) is 2.70. The van der Waals surface area contributed by atoms with Gasteiger partial charge in [0.15, 0.2) is 0 Å². The molecule has 0 bridgehead atoms. The predicted molar refractivity (Wildman–Crippen MR) is 56.9 cm³/mol. The molecule has 2 rings (SSSR count). The monoisotopic (exact) mass is 222 g/mol. The van der Waals surface area contributed by atoms with E-state index in [0.717, 1.165) is 0 Å². The van der Waals surface area contributed by atoms with E-state index in [1.807, 2.05) is 0 Å². The first-order valence-electron chi connectivity index (χ1n) is 5.28. The Balaban J connectivity index is 1.93. The second-order valence-corrected chi connectivity index (χ2v) is 3.90. The molecule has 0 aromatic carbocycles. The molecule has 16 heavy (non-hydrogen) atoms. The number of aryl methyl sites for hydroxylation is 1. The van der Waals surface area contributed by atoms with Crippen LogP contribution in [0.3, 0.4) is 0 Å². The lowest BCUT2D eigenvalue weighted by Gasteiger charge is -2.23. The first-order valence-corrected chi connectivity index (χ1v) is 5.28. The highest BCUT2D eigenvalue weighted by atomic mass is 16.3. The molecule has 0 radical (unpaired) electrons. The summed E-state index contributed by atoms with van der Waals surface area (Å²) in [5, 5.41) is 5.59. The second kappa shape index (κ2) is 4.38. The largest absolute Gasteiger partial charge is 0.469 e. The summed E-state index contributed by atoms with van der Waals surface area (Å²) in [7, 11) is 0. The van der Waals surface area contributed by atoms with Gasteiger partial charge in [-0.1, -0.05) is 0 Å². The van der Waals surface area contributed by atoms with Crippen LogP contribution < -0.4 is 10.6 Å². The summed E-state index contributed by atoms with van der Waals surface area (Å²) in [6, 6.07) is 1.66. The fourth-order valence-electron chi connectivity index (χ4n) is 1.74. The van der Waals surface area contributed by atoms with E-state index >= 15 is 0 Å². The van der Waals surface area contributed by atoms with E-state index < -0.39 is 0 Å². The molecule has 1 aromatic rings. The normalized spacial score (nSPS) is 20.3. The highest BCUT2D eigenvalue weighted by Crippen LogP contribution is 2.10. The van der Waals surface area contributed by atoms with Gasteiger partial charge in [0.25, 0.3) is 5.91 Å². The van der Waals surface area contributed by atoms with E-state index in [2.05, 4.69) is 10.6 Å². The van der Waals surface area contributed by atoms with Gasteiger partial charge in [0.05, 0.1) is 11.8 Å². The van der Waals surface area contributed by atoms with Crippen molar-refractivity contribution in [1.82, 2.24) is 10.6 Å². The molecule has 2 heterocycles. The third kappa shape index (κ3) is 2.24. The molecule has 5 nitrogen and oxygen atoms in total. The number of carbonyl (C=O) groups excluding carboxylic acids is 2. The maximum atomic E-state index is 11.8. The van der Waals surface area contributed by atoms with Crippen molar-refractivity contribution in [3.05, 3.63) is 23.7 Å². The zero-order valence-electron chi connectivity index (χ0n) is 9.08. The maximum Gasteiger partial charge on any atom is 0.255 e. The number of amides is 2. The Morgan fingerprint density at radius 3 is 3.00 bits per heavy atom. The average Bonchev–Trinajstić information content (AvgIpc) is 2.68. The van der Waals surface area contributed by atoms with Gasteiger partial charge >= 0.3 is 0 Å². The first kappa shape index (κ1) is 10.7. The smallest absolute Gasteiger partial charge is 0.255 e. The topological polar surface area (TPSA) is 71.3 Å². The molecule has 0 spiro atoms. The van der Waals surface area contributed by atoms with Crippen molar-refractivity contribution in [3.63, 3.8) is 0 Å². The Kier molecular flexibility index (Phi) is 2.94. The zero-order chi connectivity index (χ0) is 11.5. The standard InChI is InChI=1S/C11H14N2O3/c1-7-9(4-5-16-7)11(15)13-8-2-3-10(14)12-6-8/h4-5,8H,2-3,6H2,1H3,(H,12,14)(H,13,15).